The molecular weight excluding hydrogens is 260 g/mol. The quantitative estimate of drug-likeness (QED) is 0.902. The summed E-state index contributed by atoms with van der Waals surface area (Å²) in [4.78, 5) is 13.7. The topological polar surface area (TPSA) is 45.5 Å². The normalized spacial score (nSPS) is 22.4. The van der Waals surface area contributed by atoms with E-state index in [9.17, 15) is 4.79 Å². The van der Waals surface area contributed by atoms with E-state index in [-0.39, 0.29) is 6.03 Å². The molecule has 1 aliphatic carbocycles. The molecule has 0 saturated heterocycles. The second-order valence-electron chi connectivity index (χ2n) is 4.97. The summed E-state index contributed by atoms with van der Waals surface area (Å²) in [5.41, 5.74) is 0. The first kappa shape index (κ1) is 14.3. The van der Waals surface area contributed by atoms with Gasteiger partial charge in [0.15, 0.2) is 0 Å². The van der Waals surface area contributed by atoms with Crippen LogP contribution in [0, 0.1) is 0 Å². The second kappa shape index (κ2) is 6.89. The van der Waals surface area contributed by atoms with Gasteiger partial charge in [-0.25, -0.2) is 4.79 Å². The van der Waals surface area contributed by atoms with Gasteiger partial charge in [-0.1, -0.05) is 6.92 Å². The van der Waals surface area contributed by atoms with E-state index in [0.717, 1.165) is 24.4 Å². The SMILES string of the molecule is CCS[C@H]1CC[C@H](NC(=O)N(C)Cc2ccco2)C1. The number of hydrogen-bond donors (Lipinski definition) is 1. The summed E-state index contributed by atoms with van der Waals surface area (Å²) in [5, 5.41) is 3.83. The molecule has 0 bridgehead atoms. The minimum Gasteiger partial charge on any atom is -0.467 e. The van der Waals surface area contributed by atoms with E-state index in [0.29, 0.717) is 17.8 Å². The molecular formula is C14H22N2O2S. The number of carbonyl (C=O) groups excluding carboxylic acids is 1. The van der Waals surface area contributed by atoms with E-state index in [1.165, 1.54) is 6.42 Å². The zero-order chi connectivity index (χ0) is 13.7. The maximum absolute atomic E-state index is 12.1. The van der Waals surface area contributed by atoms with Gasteiger partial charge in [0.2, 0.25) is 0 Å². The van der Waals surface area contributed by atoms with Gasteiger partial charge in [-0.3, -0.25) is 0 Å². The highest BCUT2D eigenvalue weighted by atomic mass is 32.2. The Bertz CT molecular complexity index is 394. The summed E-state index contributed by atoms with van der Waals surface area (Å²) in [6.45, 7) is 2.70. The van der Waals surface area contributed by atoms with Crippen molar-refractivity contribution in [2.75, 3.05) is 12.8 Å². The summed E-state index contributed by atoms with van der Waals surface area (Å²) in [5.74, 6) is 1.97. The predicted molar refractivity (Wildman–Crippen MR) is 78.3 cm³/mol. The van der Waals surface area contributed by atoms with E-state index in [4.69, 9.17) is 4.42 Å². The number of carbonyl (C=O) groups is 1. The zero-order valence-corrected chi connectivity index (χ0v) is 12.4. The Labute approximate surface area is 118 Å². The molecule has 1 aromatic rings. The summed E-state index contributed by atoms with van der Waals surface area (Å²) < 4.78 is 5.25. The van der Waals surface area contributed by atoms with Crippen LogP contribution in [0.3, 0.4) is 0 Å². The van der Waals surface area contributed by atoms with Crippen LogP contribution in [0.2, 0.25) is 0 Å². The van der Waals surface area contributed by atoms with Crippen molar-refractivity contribution in [3.63, 3.8) is 0 Å². The summed E-state index contributed by atoms with van der Waals surface area (Å²) in [7, 11) is 1.80. The van der Waals surface area contributed by atoms with Crippen molar-refractivity contribution >= 4 is 17.8 Å². The number of hydrogen-bond acceptors (Lipinski definition) is 3. The number of urea groups is 1. The Morgan fingerprint density at radius 1 is 1.58 bits per heavy atom. The van der Waals surface area contributed by atoms with Gasteiger partial charge in [-0.15, -0.1) is 0 Å². The molecule has 0 radical (unpaired) electrons. The molecule has 0 spiro atoms. The molecule has 1 aromatic heterocycles. The molecule has 1 N–H and O–H groups in total. The van der Waals surface area contributed by atoms with Crippen LogP contribution in [0.25, 0.3) is 0 Å². The third kappa shape index (κ3) is 4.20. The zero-order valence-electron chi connectivity index (χ0n) is 11.6. The Kier molecular flexibility index (Phi) is 5.19. The molecule has 106 valence electrons. The third-order valence-electron chi connectivity index (χ3n) is 3.43. The van der Waals surface area contributed by atoms with Crippen LogP contribution < -0.4 is 5.32 Å². The third-order valence-corrected chi connectivity index (χ3v) is 4.67. The molecule has 1 saturated carbocycles. The molecule has 0 aliphatic heterocycles. The Balaban J connectivity index is 1.75. The average molecular weight is 282 g/mol. The fourth-order valence-corrected chi connectivity index (χ4v) is 3.59. The molecule has 1 heterocycles. The van der Waals surface area contributed by atoms with Gasteiger partial charge in [0.1, 0.15) is 5.76 Å². The fourth-order valence-electron chi connectivity index (χ4n) is 2.45. The van der Waals surface area contributed by atoms with Crippen LogP contribution in [0.4, 0.5) is 4.79 Å². The molecule has 1 aliphatic rings. The maximum Gasteiger partial charge on any atom is 0.317 e. The van der Waals surface area contributed by atoms with Crippen molar-refractivity contribution in [2.45, 2.75) is 44.0 Å². The van der Waals surface area contributed by atoms with Crippen LogP contribution >= 0.6 is 11.8 Å². The molecule has 19 heavy (non-hydrogen) atoms. The highest BCUT2D eigenvalue weighted by molar-refractivity contribution is 7.99. The Hall–Kier alpha value is -1.10. The van der Waals surface area contributed by atoms with Crippen molar-refractivity contribution in [2.24, 2.45) is 0 Å². The highest BCUT2D eigenvalue weighted by Gasteiger charge is 2.26. The summed E-state index contributed by atoms with van der Waals surface area (Å²) in [6.07, 6.45) is 5.03. The van der Waals surface area contributed by atoms with Crippen molar-refractivity contribution in [3.8, 4) is 0 Å². The molecule has 2 atom stereocenters. The number of nitrogens with zero attached hydrogens (tertiary/aromatic N) is 1. The standard InChI is InChI=1S/C14H22N2O2S/c1-3-19-13-7-6-11(9-13)15-14(17)16(2)10-12-5-4-8-18-12/h4-5,8,11,13H,3,6-7,9-10H2,1-2H3,(H,15,17)/t11-,13-/m0/s1. The monoisotopic (exact) mass is 282 g/mol. The predicted octanol–water partition coefficient (Wildman–Crippen LogP) is 3.10. The lowest BCUT2D eigenvalue weighted by molar-refractivity contribution is 0.199. The van der Waals surface area contributed by atoms with E-state index in [1.54, 1.807) is 18.2 Å². The van der Waals surface area contributed by atoms with Crippen LogP contribution in [-0.4, -0.2) is 35.0 Å². The summed E-state index contributed by atoms with van der Waals surface area (Å²) >= 11 is 2.00. The van der Waals surface area contributed by atoms with Crippen LogP contribution in [-0.2, 0) is 6.54 Å². The van der Waals surface area contributed by atoms with E-state index in [1.807, 2.05) is 23.9 Å². The van der Waals surface area contributed by atoms with E-state index in [2.05, 4.69) is 12.2 Å². The van der Waals surface area contributed by atoms with Gasteiger partial charge in [-0.05, 0) is 37.1 Å². The molecule has 0 unspecified atom stereocenters. The maximum atomic E-state index is 12.1. The van der Waals surface area contributed by atoms with Gasteiger partial charge >= 0.3 is 6.03 Å². The first-order valence-electron chi connectivity index (χ1n) is 6.84. The van der Waals surface area contributed by atoms with E-state index >= 15 is 0 Å². The molecule has 1 fully saturated rings. The van der Waals surface area contributed by atoms with Gasteiger partial charge in [0.05, 0.1) is 12.8 Å². The minimum atomic E-state index is -0.0106. The van der Waals surface area contributed by atoms with Crippen LogP contribution in [0.5, 0.6) is 0 Å². The van der Waals surface area contributed by atoms with Gasteiger partial charge in [0, 0.05) is 18.3 Å². The number of furan rings is 1. The largest absolute Gasteiger partial charge is 0.467 e. The molecule has 5 heteroatoms. The Morgan fingerprint density at radius 2 is 2.42 bits per heavy atom. The molecule has 2 amide bonds. The first-order valence-corrected chi connectivity index (χ1v) is 7.89. The number of thioether (sulfide) groups is 1. The van der Waals surface area contributed by atoms with Crippen molar-refractivity contribution in [3.05, 3.63) is 24.2 Å². The van der Waals surface area contributed by atoms with Crippen molar-refractivity contribution in [1.29, 1.82) is 0 Å². The average Bonchev–Trinajstić information content (AvgIpc) is 3.02. The fraction of sp³-hybridized carbons (Fsp3) is 0.643. The van der Waals surface area contributed by atoms with Gasteiger partial charge < -0.3 is 14.6 Å². The highest BCUT2D eigenvalue weighted by Crippen LogP contribution is 2.29. The Morgan fingerprint density at radius 3 is 3.11 bits per heavy atom. The number of rotatable bonds is 5. The first-order chi connectivity index (χ1) is 9.19. The van der Waals surface area contributed by atoms with Crippen LogP contribution in [0.15, 0.2) is 22.8 Å². The lowest BCUT2D eigenvalue weighted by Crippen LogP contribution is -2.41. The lowest BCUT2D eigenvalue weighted by Gasteiger charge is -2.20. The number of nitrogens with one attached hydrogen (secondary N) is 1. The summed E-state index contributed by atoms with van der Waals surface area (Å²) in [6, 6.07) is 4.04. The van der Waals surface area contributed by atoms with Crippen molar-refractivity contribution < 1.29 is 9.21 Å². The second-order valence-corrected chi connectivity index (χ2v) is 6.55. The van der Waals surface area contributed by atoms with Gasteiger partial charge in [-0.2, -0.15) is 11.8 Å². The van der Waals surface area contributed by atoms with Crippen molar-refractivity contribution in [1.82, 2.24) is 10.2 Å². The van der Waals surface area contributed by atoms with E-state index < -0.39 is 0 Å². The van der Waals surface area contributed by atoms with Crippen LogP contribution in [0.1, 0.15) is 31.9 Å². The van der Waals surface area contributed by atoms with Gasteiger partial charge in [0.25, 0.3) is 0 Å². The molecule has 2 rings (SSSR count). The smallest absolute Gasteiger partial charge is 0.317 e. The molecule has 0 aromatic carbocycles. The minimum absolute atomic E-state index is 0.0106. The lowest BCUT2D eigenvalue weighted by atomic mass is 10.2. The molecule has 4 nitrogen and oxygen atoms in total. The number of amides is 2.